The molecule has 7 nitrogen and oxygen atoms in total. The molecule has 8 heteroatoms. The first-order valence-electron chi connectivity index (χ1n) is 18.6. The van der Waals surface area contributed by atoms with Gasteiger partial charge in [-0.3, -0.25) is 14.4 Å². The second kappa shape index (κ2) is 21.9. The van der Waals surface area contributed by atoms with E-state index in [2.05, 4.69) is 97.0 Å². The van der Waals surface area contributed by atoms with E-state index >= 15 is 0 Å². The van der Waals surface area contributed by atoms with Crippen molar-refractivity contribution < 1.29 is 14.4 Å². The molecule has 280 valence electrons. The van der Waals surface area contributed by atoms with Crippen molar-refractivity contribution in [2.75, 3.05) is 25.0 Å². The average molecular weight is 709 g/mol. The van der Waals surface area contributed by atoms with Crippen molar-refractivity contribution in [2.24, 2.45) is 16.2 Å². The minimum absolute atomic E-state index is 0.0833. The number of benzene rings is 1. The van der Waals surface area contributed by atoms with Gasteiger partial charge in [0.2, 0.25) is 17.7 Å². The SMILES string of the molecule is CC(C)(C)CCC(=O)NCCc1cccs1.CCN(C(=O)CCC(C)(C)C)C1CCCC1.CN(C(=O)CCC(C)(C)C)c1cccc(C#N)c1. The van der Waals surface area contributed by atoms with E-state index in [-0.39, 0.29) is 28.1 Å². The molecule has 0 aliphatic heterocycles. The van der Waals surface area contributed by atoms with Crippen LogP contribution < -0.4 is 10.2 Å². The molecule has 1 aromatic carbocycles. The predicted octanol–water partition coefficient (Wildman–Crippen LogP) is 10.2. The van der Waals surface area contributed by atoms with E-state index < -0.39 is 0 Å². The van der Waals surface area contributed by atoms with Crippen LogP contribution in [0.4, 0.5) is 5.69 Å². The number of rotatable bonds is 12. The van der Waals surface area contributed by atoms with E-state index in [0.717, 1.165) is 44.5 Å². The van der Waals surface area contributed by atoms with Crippen molar-refractivity contribution >= 4 is 34.7 Å². The van der Waals surface area contributed by atoms with Crippen LogP contribution in [0.5, 0.6) is 0 Å². The van der Waals surface area contributed by atoms with Gasteiger partial charge in [-0.1, -0.05) is 87.3 Å². The van der Waals surface area contributed by atoms with Crippen molar-refractivity contribution in [3.63, 3.8) is 0 Å². The molecule has 2 aromatic rings. The van der Waals surface area contributed by atoms with Gasteiger partial charge in [0.1, 0.15) is 0 Å². The standard InChI is InChI=1S/C15H20N2O.C14H27NO.C13H21NOS/c1-15(2,3)9-8-14(18)17(4)13-7-5-6-12(10-13)11-16;1-5-15(12-8-6-7-9-12)13(16)10-11-14(2,3)4;1-13(2,3)8-6-12(15)14-9-7-11-5-4-10-16-11/h5-7,10H,8-9H2,1-4H3;12H,5-11H2,1-4H3;4-5,10H,6-9H2,1-3H3,(H,14,15). The summed E-state index contributed by atoms with van der Waals surface area (Å²) in [6, 6.07) is 13.9. The van der Waals surface area contributed by atoms with Gasteiger partial charge in [-0.15, -0.1) is 11.3 Å². The highest BCUT2D eigenvalue weighted by atomic mass is 32.1. The van der Waals surface area contributed by atoms with E-state index in [1.807, 2.05) is 12.1 Å². The molecule has 0 atom stereocenters. The Labute approximate surface area is 309 Å². The third kappa shape index (κ3) is 20.5. The molecule has 1 heterocycles. The second-order valence-electron chi connectivity index (χ2n) is 17.1. The van der Waals surface area contributed by atoms with Crippen LogP contribution in [0.2, 0.25) is 0 Å². The quantitative estimate of drug-likeness (QED) is 0.238. The Morgan fingerprint density at radius 2 is 1.40 bits per heavy atom. The number of anilines is 1. The van der Waals surface area contributed by atoms with Crippen LogP contribution in [0, 0.1) is 27.6 Å². The number of amides is 3. The van der Waals surface area contributed by atoms with Gasteiger partial charge in [-0.25, -0.2) is 0 Å². The maximum absolute atomic E-state index is 12.1. The molecule has 1 aliphatic rings. The van der Waals surface area contributed by atoms with E-state index in [4.69, 9.17) is 5.26 Å². The van der Waals surface area contributed by atoms with Crippen LogP contribution in [-0.2, 0) is 20.8 Å². The zero-order valence-electron chi connectivity index (χ0n) is 33.3. The van der Waals surface area contributed by atoms with Gasteiger partial charge in [0.05, 0.1) is 11.6 Å². The van der Waals surface area contributed by atoms with E-state index in [1.165, 1.54) is 30.6 Å². The van der Waals surface area contributed by atoms with Crippen LogP contribution in [0.15, 0.2) is 41.8 Å². The second-order valence-corrected chi connectivity index (χ2v) is 18.1. The topological polar surface area (TPSA) is 93.5 Å². The molecule has 0 saturated heterocycles. The van der Waals surface area contributed by atoms with Crippen molar-refractivity contribution in [2.45, 2.75) is 146 Å². The number of nitrogens with zero attached hydrogens (tertiary/aromatic N) is 3. The molecule has 1 aliphatic carbocycles. The maximum Gasteiger partial charge on any atom is 0.226 e. The van der Waals surface area contributed by atoms with E-state index in [9.17, 15) is 14.4 Å². The van der Waals surface area contributed by atoms with Crippen LogP contribution >= 0.6 is 11.3 Å². The number of hydrogen-bond acceptors (Lipinski definition) is 5. The zero-order valence-corrected chi connectivity index (χ0v) is 34.1. The van der Waals surface area contributed by atoms with Crippen LogP contribution in [-0.4, -0.2) is 48.8 Å². The highest BCUT2D eigenvalue weighted by Gasteiger charge is 2.26. The molecule has 0 radical (unpaired) electrons. The largest absolute Gasteiger partial charge is 0.356 e. The molecule has 0 bridgehead atoms. The van der Waals surface area contributed by atoms with Crippen LogP contribution in [0.25, 0.3) is 0 Å². The summed E-state index contributed by atoms with van der Waals surface area (Å²) in [6.45, 7) is 23.2. The number of nitrogens with one attached hydrogen (secondary N) is 1. The molecule has 3 rings (SSSR count). The van der Waals surface area contributed by atoms with Gasteiger partial charge < -0.3 is 15.1 Å². The maximum atomic E-state index is 12.1. The van der Waals surface area contributed by atoms with Gasteiger partial charge in [0.25, 0.3) is 0 Å². The number of thiophene rings is 1. The predicted molar refractivity (Wildman–Crippen MR) is 211 cm³/mol. The molecular weight excluding hydrogens is 641 g/mol. The van der Waals surface area contributed by atoms with Crippen LogP contribution in [0.3, 0.4) is 0 Å². The molecule has 1 N–H and O–H groups in total. The number of carbonyl (C=O) groups is 3. The monoisotopic (exact) mass is 709 g/mol. The van der Waals surface area contributed by atoms with Crippen molar-refractivity contribution in [3.05, 3.63) is 52.2 Å². The Morgan fingerprint density at radius 1 is 0.840 bits per heavy atom. The normalized spacial score (nSPS) is 13.2. The summed E-state index contributed by atoms with van der Waals surface area (Å²) >= 11 is 1.74. The molecule has 1 saturated carbocycles. The molecule has 50 heavy (non-hydrogen) atoms. The third-order valence-electron chi connectivity index (χ3n) is 8.72. The lowest BCUT2D eigenvalue weighted by molar-refractivity contribution is -0.133. The number of carbonyl (C=O) groups excluding carboxylic acids is 3. The van der Waals surface area contributed by atoms with Crippen LogP contribution in [0.1, 0.15) is 144 Å². The number of nitriles is 1. The summed E-state index contributed by atoms with van der Waals surface area (Å²) in [4.78, 5) is 40.7. The molecule has 3 amide bonds. The lowest BCUT2D eigenvalue weighted by Crippen LogP contribution is -2.38. The summed E-state index contributed by atoms with van der Waals surface area (Å²) < 4.78 is 0. The Balaban J connectivity index is 0.000000376. The summed E-state index contributed by atoms with van der Waals surface area (Å²) in [6.07, 6.45) is 10.6. The van der Waals surface area contributed by atoms with Gasteiger partial charge in [0, 0.05) is 56.0 Å². The van der Waals surface area contributed by atoms with Crippen molar-refractivity contribution in [1.29, 1.82) is 5.26 Å². The Hall–Kier alpha value is -3.18. The highest BCUT2D eigenvalue weighted by molar-refractivity contribution is 7.09. The molecule has 0 unspecified atom stereocenters. The molecule has 1 fully saturated rings. The summed E-state index contributed by atoms with van der Waals surface area (Å²) in [7, 11) is 1.75. The lowest BCUT2D eigenvalue weighted by atomic mass is 9.90. The van der Waals surface area contributed by atoms with Gasteiger partial charge in [-0.05, 0) is 91.3 Å². The summed E-state index contributed by atoms with van der Waals surface area (Å²) in [5, 5.41) is 13.9. The smallest absolute Gasteiger partial charge is 0.226 e. The summed E-state index contributed by atoms with van der Waals surface area (Å²) in [5.41, 5.74) is 2.01. The third-order valence-corrected chi connectivity index (χ3v) is 9.65. The van der Waals surface area contributed by atoms with E-state index in [1.54, 1.807) is 41.5 Å². The first kappa shape index (κ1) is 44.8. The van der Waals surface area contributed by atoms with E-state index in [0.29, 0.717) is 36.8 Å². The Bertz CT molecular complexity index is 1320. The first-order chi connectivity index (χ1) is 23.2. The lowest BCUT2D eigenvalue weighted by Gasteiger charge is -2.29. The Morgan fingerprint density at radius 3 is 1.90 bits per heavy atom. The van der Waals surface area contributed by atoms with Crippen molar-refractivity contribution in [1.82, 2.24) is 10.2 Å². The molecule has 1 aromatic heterocycles. The molecule has 0 spiro atoms. The molecular formula is C42H68N4O3S. The van der Waals surface area contributed by atoms with Gasteiger partial charge >= 0.3 is 0 Å². The van der Waals surface area contributed by atoms with Crippen molar-refractivity contribution in [3.8, 4) is 6.07 Å². The minimum Gasteiger partial charge on any atom is -0.356 e. The fourth-order valence-corrected chi connectivity index (χ4v) is 6.12. The van der Waals surface area contributed by atoms with Gasteiger partial charge in [-0.2, -0.15) is 5.26 Å². The Kier molecular flexibility index (Phi) is 19.6. The average Bonchev–Trinajstić information content (AvgIpc) is 3.77. The number of hydrogen-bond donors (Lipinski definition) is 1. The fourth-order valence-electron chi connectivity index (χ4n) is 5.41. The zero-order chi connectivity index (χ0) is 38.0. The minimum atomic E-state index is 0.0833. The van der Waals surface area contributed by atoms with Gasteiger partial charge in [0.15, 0.2) is 0 Å². The fraction of sp³-hybridized carbons (Fsp3) is 0.667. The first-order valence-corrected chi connectivity index (χ1v) is 19.5. The highest BCUT2D eigenvalue weighted by Crippen LogP contribution is 2.27. The summed E-state index contributed by atoms with van der Waals surface area (Å²) in [5.74, 6) is 0.621.